The molecule has 0 aliphatic heterocycles. The Labute approximate surface area is 96.5 Å². The molecule has 0 atom stereocenters. The lowest BCUT2D eigenvalue weighted by atomic mass is 10.2. The van der Waals surface area contributed by atoms with E-state index in [2.05, 4.69) is 24.8 Å². The normalized spacial score (nSPS) is 10.1. The number of nitriles is 1. The quantitative estimate of drug-likeness (QED) is 0.757. The molecular formula is C12H18N4. The van der Waals surface area contributed by atoms with Crippen LogP contribution in [0.5, 0.6) is 0 Å². The van der Waals surface area contributed by atoms with Crippen molar-refractivity contribution in [3.8, 4) is 6.07 Å². The number of benzene rings is 1. The van der Waals surface area contributed by atoms with Gasteiger partial charge in [0, 0.05) is 18.3 Å². The van der Waals surface area contributed by atoms with Gasteiger partial charge in [-0.15, -0.1) is 0 Å². The highest BCUT2D eigenvalue weighted by Gasteiger charge is 2.10. The van der Waals surface area contributed by atoms with Crippen LogP contribution in [0, 0.1) is 11.3 Å². The average Bonchev–Trinajstić information content (AvgIpc) is 2.23. The van der Waals surface area contributed by atoms with Crippen molar-refractivity contribution in [1.29, 1.82) is 5.26 Å². The Morgan fingerprint density at radius 2 is 2.00 bits per heavy atom. The second-order valence-corrected chi connectivity index (χ2v) is 4.01. The fourth-order valence-electron chi connectivity index (χ4n) is 1.60. The summed E-state index contributed by atoms with van der Waals surface area (Å²) in [5.41, 5.74) is 13.6. The molecule has 0 saturated heterocycles. The Kier molecular flexibility index (Phi) is 4.01. The number of nitrogens with two attached hydrogens (primary N) is 2. The summed E-state index contributed by atoms with van der Waals surface area (Å²) >= 11 is 0. The van der Waals surface area contributed by atoms with Crippen molar-refractivity contribution in [2.45, 2.75) is 26.3 Å². The third-order valence-corrected chi connectivity index (χ3v) is 2.49. The minimum absolute atomic E-state index is 0.330. The fraction of sp³-hybridized carbons (Fsp3) is 0.417. The Hall–Kier alpha value is -1.89. The summed E-state index contributed by atoms with van der Waals surface area (Å²) < 4.78 is 0. The number of hydrogen-bond acceptors (Lipinski definition) is 4. The van der Waals surface area contributed by atoms with E-state index in [4.69, 9.17) is 16.7 Å². The van der Waals surface area contributed by atoms with E-state index < -0.39 is 0 Å². The monoisotopic (exact) mass is 218 g/mol. The maximum atomic E-state index is 8.62. The minimum Gasteiger partial charge on any atom is -0.397 e. The van der Waals surface area contributed by atoms with E-state index >= 15 is 0 Å². The molecule has 1 rings (SSSR count). The van der Waals surface area contributed by atoms with E-state index in [1.54, 1.807) is 6.07 Å². The fourth-order valence-corrected chi connectivity index (χ4v) is 1.60. The van der Waals surface area contributed by atoms with Crippen LogP contribution in [-0.2, 0) is 0 Å². The molecule has 1 aromatic carbocycles. The highest BCUT2D eigenvalue weighted by Crippen LogP contribution is 2.24. The van der Waals surface area contributed by atoms with Gasteiger partial charge in [-0.1, -0.05) is 0 Å². The molecule has 0 saturated carbocycles. The van der Waals surface area contributed by atoms with Gasteiger partial charge in [-0.2, -0.15) is 5.26 Å². The first-order valence-corrected chi connectivity index (χ1v) is 5.35. The zero-order chi connectivity index (χ0) is 12.1. The first kappa shape index (κ1) is 12.2. The maximum Gasteiger partial charge on any atom is 0.0640 e. The lowest BCUT2D eigenvalue weighted by Crippen LogP contribution is -2.31. The summed E-state index contributed by atoms with van der Waals surface area (Å²) in [5, 5.41) is 8.62. The van der Waals surface area contributed by atoms with E-state index in [0.717, 1.165) is 5.69 Å². The van der Waals surface area contributed by atoms with Gasteiger partial charge in [-0.25, -0.2) is 0 Å². The van der Waals surface area contributed by atoms with Gasteiger partial charge in [0.15, 0.2) is 0 Å². The molecule has 4 heteroatoms. The summed E-state index contributed by atoms with van der Waals surface area (Å²) in [7, 11) is 0. The van der Waals surface area contributed by atoms with Crippen LogP contribution >= 0.6 is 0 Å². The number of rotatable bonds is 4. The van der Waals surface area contributed by atoms with Crippen molar-refractivity contribution in [3.63, 3.8) is 0 Å². The molecule has 0 aliphatic rings. The van der Waals surface area contributed by atoms with Crippen LogP contribution in [0.4, 0.5) is 17.1 Å². The molecule has 0 unspecified atom stereocenters. The molecular weight excluding hydrogens is 200 g/mol. The molecule has 4 N–H and O–H groups in total. The molecule has 0 radical (unpaired) electrons. The summed E-state index contributed by atoms with van der Waals surface area (Å²) in [6.07, 6.45) is 0.502. The van der Waals surface area contributed by atoms with Crippen molar-refractivity contribution in [2.24, 2.45) is 0 Å². The Morgan fingerprint density at radius 1 is 1.31 bits per heavy atom. The average molecular weight is 218 g/mol. The SMILES string of the molecule is CC(C)N(CCC#N)c1ccc(N)c(N)c1. The standard InChI is InChI=1S/C12H18N4/c1-9(2)16(7-3-6-13)10-4-5-11(14)12(15)8-10/h4-5,8-9H,3,7,14-15H2,1-2H3. The Morgan fingerprint density at radius 3 is 2.50 bits per heavy atom. The van der Waals surface area contributed by atoms with Gasteiger partial charge in [0.05, 0.1) is 23.9 Å². The van der Waals surface area contributed by atoms with Crippen LogP contribution in [0.15, 0.2) is 18.2 Å². The number of nitrogen functional groups attached to an aromatic ring is 2. The van der Waals surface area contributed by atoms with E-state index in [9.17, 15) is 0 Å². The predicted octanol–water partition coefficient (Wildman–Crippen LogP) is 1.98. The highest BCUT2D eigenvalue weighted by atomic mass is 15.1. The molecule has 86 valence electrons. The van der Waals surface area contributed by atoms with Crippen LogP contribution in [0.1, 0.15) is 20.3 Å². The van der Waals surface area contributed by atoms with Gasteiger partial charge in [-0.05, 0) is 32.0 Å². The summed E-state index contributed by atoms with van der Waals surface area (Å²) in [4.78, 5) is 2.14. The van der Waals surface area contributed by atoms with Gasteiger partial charge >= 0.3 is 0 Å². The highest BCUT2D eigenvalue weighted by molar-refractivity contribution is 5.70. The van der Waals surface area contributed by atoms with Crippen LogP contribution in [0.25, 0.3) is 0 Å². The lowest BCUT2D eigenvalue weighted by molar-refractivity contribution is 0.687. The van der Waals surface area contributed by atoms with E-state index in [0.29, 0.717) is 30.4 Å². The molecule has 0 aromatic heterocycles. The van der Waals surface area contributed by atoms with Gasteiger partial charge in [0.2, 0.25) is 0 Å². The van der Waals surface area contributed by atoms with Crippen molar-refractivity contribution >= 4 is 17.1 Å². The minimum atomic E-state index is 0.330. The largest absolute Gasteiger partial charge is 0.397 e. The van der Waals surface area contributed by atoms with Crippen molar-refractivity contribution in [3.05, 3.63) is 18.2 Å². The zero-order valence-electron chi connectivity index (χ0n) is 9.77. The Balaban J connectivity index is 2.93. The third-order valence-electron chi connectivity index (χ3n) is 2.49. The molecule has 1 aromatic rings. The lowest BCUT2D eigenvalue weighted by Gasteiger charge is -2.28. The van der Waals surface area contributed by atoms with Crippen LogP contribution < -0.4 is 16.4 Å². The maximum absolute atomic E-state index is 8.62. The molecule has 4 nitrogen and oxygen atoms in total. The van der Waals surface area contributed by atoms with E-state index in [1.165, 1.54) is 0 Å². The smallest absolute Gasteiger partial charge is 0.0640 e. The summed E-state index contributed by atoms with van der Waals surface area (Å²) in [6, 6.07) is 8.07. The molecule has 0 bridgehead atoms. The number of nitrogens with zero attached hydrogens (tertiary/aromatic N) is 2. The second-order valence-electron chi connectivity index (χ2n) is 4.01. The molecule has 0 fully saturated rings. The van der Waals surface area contributed by atoms with Crippen LogP contribution in [0.3, 0.4) is 0 Å². The van der Waals surface area contributed by atoms with E-state index in [-0.39, 0.29) is 0 Å². The number of anilines is 3. The molecule has 0 aliphatic carbocycles. The third kappa shape index (κ3) is 2.80. The van der Waals surface area contributed by atoms with Gasteiger partial charge in [0.25, 0.3) is 0 Å². The predicted molar refractivity (Wildman–Crippen MR) is 68.0 cm³/mol. The second kappa shape index (κ2) is 5.26. The summed E-state index contributed by atoms with van der Waals surface area (Å²) in [6.45, 7) is 4.88. The molecule has 0 amide bonds. The van der Waals surface area contributed by atoms with Crippen molar-refractivity contribution in [2.75, 3.05) is 22.9 Å². The van der Waals surface area contributed by atoms with E-state index in [1.807, 2.05) is 12.1 Å². The van der Waals surface area contributed by atoms with Crippen molar-refractivity contribution < 1.29 is 0 Å². The molecule has 16 heavy (non-hydrogen) atoms. The molecule has 0 heterocycles. The zero-order valence-corrected chi connectivity index (χ0v) is 9.77. The summed E-state index contributed by atoms with van der Waals surface area (Å²) in [5.74, 6) is 0. The Bertz CT molecular complexity index is 392. The number of hydrogen-bond donors (Lipinski definition) is 2. The topological polar surface area (TPSA) is 79.1 Å². The first-order chi connectivity index (χ1) is 7.56. The van der Waals surface area contributed by atoms with Gasteiger partial charge < -0.3 is 16.4 Å². The van der Waals surface area contributed by atoms with Crippen molar-refractivity contribution in [1.82, 2.24) is 0 Å². The van der Waals surface area contributed by atoms with Gasteiger partial charge in [0.1, 0.15) is 0 Å². The van der Waals surface area contributed by atoms with Crippen LogP contribution in [0.2, 0.25) is 0 Å². The molecule has 0 spiro atoms. The van der Waals surface area contributed by atoms with Crippen LogP contribution in [-0.4, -0.2) is 12.6 Å². The van der Waals surface area contributed by atoms with Gasteiger partial charge in [-0.3, -0.25) is 0 Å². The first-order valence-electron chi connectivity index (χ1n) is 5.35.